The van der Waals surface area contributed by atoms with E-state index in [1.54, 1.807) is 17.9 Å². The summed E-state index contributed by atoms with van der Waals surface area (Å²) < 4.78 is 11.0. The van der Waals surface area contributed by atoms with Gasteiger partial charge in [-0.25, -0.2) is 4.79 Å². The van der Waals surface area contributed by atoms with E-state index >= 15 is 0 Å². The number of hydrogen-bond acceptors (Lipinski definition) is 4. The zero-order valence-corrected chi connectivity index (χ0v) is 14.1. The van der Waals surface area contributed by atoms with E-state index in [1.807, 2.05) is 38.1 Å². The normalized spacial score (nSPS) is 22.4. The fourth-order valence-corrected chi connectivity index (χ4v) is 3.07. The fraction of sp³-hybridized carbons (Fsp3) is 0.444. The Kier molecular flexibility index (Phi) is 4.57. The quantitative estimate of drug-likeness (QED) is 0.877. The number of nitrogens with zero attached hydrogens (tertiary/aromatic N) is 1. The Morgan fingerprint density at radius 2 is 1.92 bits per heavy atom. The highest BCUT2D eigenvalue weighted by Gasteiger charge is 2.30. The van der Waals surface area contributed by atoms with Gasteiger partial charge >= 0.3 is 5.97 Å². The molecule has 0 saturated carbocycles. The van der Waals surface area contributed by atoms with E-state index in [0.717, 1.165) is 10.9 Å². The molecule has 1 aromatic heterocycles. The number of nitrogens with one attached hydrogen (secondary N) is 1. The summed E-state index contributed by atoms with van der Waals surface area (Å²) in [6.45, 7) is 6.48. The highest BCUT2D eigenvalue weighted by Crippen LogP contribution is 2.17. The number of H-pyrrole nitrogens is 1. The van der Waals surface area contributed by atoms with Crippen LogP contribution in [-0.4, -0.2) is 53.2 Å². The zero-order valence-electron chi connectivity index (χ0n) is 14.1. The molecule has 0 bridgehead atoms. The first-order chi connectivity index (χ1) is 11.4. The lowest BCUT2D eigenvalue weighted by Crippen LogP contribution is -2.51. The first-order valence-electron chi connectivity index (χ1n) is 8.17. The molecule has 0 spiro atoms. The van der Waals surface area contributed by atoms with Crippen LogP contribution in [0.15, 0.2) is 30.3 Å². The average Bonchev–Trinajstić information content (AvgIpc) is 2.97. The second-order valence-corrected chi connectivity index (χ2v) is 6.32. The molecule has 1 aromatic carbocycles. The van der Waals surface area contributed by atoms with Gasteiger partial charge in [0.05, 0.1) is 12.2 Å². The minimum atomic E-state index is -0.832. The fourth-order valence-electron chi connectivity index (χ4n) is 3.07. The topological polar surface area (TPSA) is 71.6 Å². The second-order valence-electron chi connectivity index (χ2n) is 6.32. The molecule has 128 valence electrons. The van der Waals surface area contributed by atoms with E-state index in [1.165, 1.54) is 0 Å². The van der Waals surface area contributed by atoms with Gasteiger partial charge in [-0.2, -0.15) is 0 Å². The maximum atomic E-state index is 12.5. The van der Waals surface area contributed by atoms with Crippen molar-refractivity contribution < 1.29 is 19.1 Å². The zero-order chi connectivity index (χ0) is 17.3. The second kappa shape index (κ2) is 6.65. The molecule has 1 amide bonds. The van der Waals surface area contributed by atoms with Crippen LogP contribution in [0.25, 0.3) is 10.9 Å². The van der Waals surface area contributed by atoms with Gasteiger partial charge in [-0.05, 0) is 32.9 Å². The highest BCUT2D eigenvalue weighted by molar-refractivity contribution is 5.96. The van der Waals surface area contributed by atoms with Crippen molar-refractivity contribution in [1.82, 2.24) is 9.88 Å². The summed E-state index contributed by atoms with van der Waals surface area (Å²) in [7, 11) is 0. The Hall–Kier alpha value is -2.34. The molecule has 1 saturated heterocycles. The minimum absolute atomic E-state index is 0.0192. The summed E-state index contributed by atoms with van der Waals surface area (Å²) in [4.78, 5) is 29.5. The van der Waals surface area contributed by atoms with E-state index in [2.05, 4.69) is 4.98 Å². The number of fused-ring (bicyclic) bond motifs is 1. The van der Waals surface area contributed by atoms with Crippen LogP contribution in [-0.2, 0) is 14.3 Å². The lowest BCUT2D eigenvalue weighted by atomic mass is 10.2. The van der Waals surface area contributed by atoms with Gasteiger partial charge in [0.25, 0.3) is 5.91 Å². The van der Waals surface area contributed by atoms with Gasteiger partial charge < -0.3 is 19.4 Å². The standard InChI is InChI=1S/C18H22N2O4/c1-11-9-20(10-12(2)23-11)17(21)13(3)24-18(22)16-8-14-6-4-5-7-15(14)19-16/h4-8,11-13,19H,9-10H2,1-3H3/t11-,12-,13+/m1/s1. The largest absolute Gasteiger partial charge is 0.448 e. The summed E-state index contributed by atoms with van der Waals surface area (Å²) in [6.07, 6.45) is -0.870. The number of morpholine rings is 1. The molecule has 3 rings (SSSR count). The van der Waals surface area contributed by atoms with Gasteiger partial charge in [0.15, 0.2) is 6.10 Å². The Morgan fingerprint density at radius 3 is 2.58 bits per heavy atom. The highest BCUT2D eigenvalue weighted by atomic mass is 16.5. The molecule has 3 atom stereocenters. The number of aromatic amines is 1. The maximum Gasteiger partial charge on any atom is 0.355 e. The third-order valence-corrected chi connectivity index (χ3v) is 4.11. The molecule has 6 nitrogen and oxygen atoms in total. The molecule has 1 aliphatic heterocycles. The SMILES string of the molecule is C[C@@H]1CN(C(=O)[C@H](C)OC(=O)c2cc3ccccc3[nH]2)C[C@@H](C)O1. The molecule has 1 fully saturated rings. The Balaban J connectivity index is 1.66. The average molecular weight is 330 g/mol. The Labute approximate surface area is 140 Å². The van der Waals surface area contributed by atoms with Gasteiger partial charge in [0.2, 0.25) is 0 Å². The molecule has 1 N–H and O–H groups in total. The van der Waals surface area contributed by atoms with Crippen molar-refractivity contribution in [2.75, 3.05) is 13.1 Å². The van der Waals surface area contributed by atoms with Crippen LogP contribution in [0.2, 0.25) is 0 Å². The third-order valence-electron chi connectivity index (χ3n) is 4.11. The van der Waals surface area contributed by atoms with Crippen molar-refractivity contribution in [1.29, 1.82) is 0 Å². The predicted molar refractivity (Wildman–Crippen MR) is 89.8 cm³/mol. The van der Waals surface area contributed by atoms with E-state index in [0.29, 0.717) is 18.8 Å². The number of aromatic nitrogens is 1. The van der Waals surface area contributed by atoms with Gasteiger partial charge in [0.1, 0.15) is 5.69 Å². The minimum Gasteiger partial charge on any atom is -0.448 e. The van der Waals surface area contributed by atoms with Crippen LogP contribution in [0.4, 0.5) is 0 Å². The van der Waals surface area contributed by atoms with Crippen molar-refractivity contribution in [3.05, 3.63) is 36.0 Å². The summed E-state index contributed by atoms with van der Waals surface area (Å²) in [5.41, 5.74) is 1.21. The summed E-state index contributed by atoms with van der Waals surface area (Å²) in [6, 6.07) is 9.32. The number of para-hydroxylation sites is 1. The number of hydrogen-bond donors (Lipinski definition) is 1. The van der Waals surface area contributed by atoms with Crippen molar-refractivity contribution in [2.45, 2.75) is 39.1 Å². The lowest BCUT2D eigenvalue weighted by molar-refractivity contribution is -0.151. The van der Waals surface area contributed by atoms with E-state index in [4.69, 9.17) is 9.47 Å². The van der Waals surface area contributed by atoms with E-state index in [9.17, 15) is 9.59 Å². The van der Waals surface area contributed by atoms with Gasteiger partial charge in [0, 0.05) is 24.0 Å². The number of amides is 1. The molecular formula is C18H22N2O4. The van der Waals surface area contributed by atoms with E-state index < -0.39 is 12.1 Å². The number of ether oxygens (including phenoxy) is 2. The third kappa shape index (κ3) is 3.43. The molecular weight excluding hydrogens is 308 g/mol. The monoisotopic (exact) mass is 330 g/mol. The Bertz CT molecular complexity index is 711. The van der Waals surface area contributed by atoms with Crippen molar-refractivity contribution in [3.63, 3.8) is 0 Å². The molecule has 2 heterocycles. The molecule has 6 heteroatoms. The molecule has 0 radical (unpaired) electrons. The van der Waals surface area contributed by atoms with Crippen LogP contribution >= 0.6 is 0 Å². The molecule has 0 unspecified atom stereocenters. The lowest BCUT2D eigenvalue weighted by Gasteiger charge is -2.36. The maximum absolute atomic E-state index is 12.5. The number of carbonyl (C=O) groups excluding carboxylic acids is 2. The summed E-state index contributed by atoms with van der Waals surface area (Å²) in [5.74, 6) is -0.720. The Morgan fingerprint density at radius 1 is 1.25 bits per heavy atom. The first-order valence-corrected chi connectivity index (χ1v) is 8.17. The van der Waals surface area contributed by atoms with Crippen molar-refractivity contribution in [2.24, 2.45) is 0 Å². The van der Waals surface area contributed by atoms with Crippen LogP contribution in [0.5, 0.6) is 0 Å². The smallest absolute Gasteiger partial charge is 0.355 e. The number of esters is 1. The van der Waals surface area contributed by atoms with Gasteiger partial charge in [-0.1, -0.05) is 18.2 Å². The van der Waals surface area contributed by atoms with Crippen molar-refractivity contribution >= 4 is 22.8 Å². The van der Waals surface area contributed by atoms with Gasteiger partial charge in [-0.3, -0.25) is 4.79 Å². The predicted octanol–water partition coefficient (Wildman–Crippen LogP) is 2.35. The van der Waals surface area contributed by atoms with Crippen LogP contribution in [0.3, 0.4) is 0 Å². The molecule has 24 heavy (non-hydrogen) atoms. The van der Waals surface area contributed by atoms with Crippen LogP contribution in [0.1, 0.15) is 31.3 Å². The molecule has 1 aliphatic rings. The molecule has 2 aromatic rings. The first kappa shape index (κ1) is 16.5. The van der Waals surface area contributed by atoms with Crippen LogP contribution < -0.4 is 0 Å². The number of carbonyl (C=O) groups is 2. The molecule has 0 aliphatic carbocycles. The number of rotatable bonds is 3. The van der Waals surface area contributed by atoms with Gasteiger partial charge in [-0.15, -0.1) is 0 Å². The number of benzene rings is 1. The van der Waals surface area contributed by atoms with E-state index in [-0.39, 0.29) is 18.1 Å². The summed E-state index contributed by atoms with van der Waals surface area (Å²) >= 11 is 0. The van der Waals surface area contributed by atoms with Crippen molar-refractivity contribution in [3.8, 4) is 0 Å². The summed E-state index contributed by atoms with van der Waals surface area (Å²) in [5, 5.41) is 0.930. The van der Waals surface area contributed by atoms with Crippen LogP contribution in [0, 0.1) is 0 Å².